The molecule has 0 spiro atoms. The first-order chi connectivity index (χ1) is 14.1. The Labute approximate surface area is 170 Å². The average Bonchev–Trinajstić information content (AvgIpc) is 3.22. The molecule has 29 heavy (non-hydrogen) atoms. The first-order valence-corrected chi connectivity index (χ1v) is 10.3. The summed E-state index contributed by atoms with van der Waals surface area (Å²) in [5.74, 6) is 0.821. The first kappa shape index (κ1) is 19.9. The Kier molecular flexibility index (Phi) is 6.17. The van der Waals surface area contributed by atoms with Crippen LogP contribution in [0.5, 0.6) is 11.5 Å². The van der Waals surface area contributed by atoms with E-state index in [1.165, 1.54) is 0 Å². The molecule has 4 rings (SSSR count). The lowest BCUT2D eigenvalue weighted by Crippen LogP contribution is -2.56. The van der Waals surface area contributed by atoms with Crippen LogP contribution in [0.15, 0.2) is 18.2 Å². The minimum Gasteiger partial charge on any atom is -0.454 e. The van der Waals surface area contributed by atoms with Crippen LogP contribution in [0.2, 0.25) is 0 Å². The maximum absolute atomic E-state index is 12.6. The van der Waals surface area contributed by atoms with Crippen molar-refractivity contribution >= 4 is 11.8 Å². The van der Waals surface area contributed by atoms with Crippen LogP contribution >= 0.6 is 0 Å². The zero-order valence-corrected chi connectivity index (χ0v) is 16.7. The van der Waals surface area contributed by atoms with Gasteiger partial charge in [0.15, 0.2) is 11.5 Å². The summed E-state index contributed by atoms with van der Waals surface area (Å²) in [4.78, 5) is 33.1. The van der Waals surface area contributed by atoms with E-state index in [2.05, 4.69) is 9.80 Å². The number of ether oxygens (including phenoxy) is 2. The van der Waals surface area contributed by atoms with Gasteiger partial charge in [-0.05, 0) is 17.7 Å². The van der Waals surface area contributed by atoms with Crippen LogP contribution in [0.1, 0.15) is 5.56 Å². The highest BCUT2D eigenvalue weighted by molar-refractivity contribution is 6.34. The fraction of sp³-hybridized carbons (Fsp3) is 0.600. The lowest BCUT2D eigenvalue weighted by molar-refractivity contribution is -0.153. The molecule has 3 aliphatic rings. The van der Waals surface area contributed by atoms with Crippen molar-refractivity contribution in [2.45, 2.75) is 6.54 Å². The Bertz CT molecular complexity index is 742. The molecule has 0 saturated carbocycles. The maximum Gasteiger partial charge on any atom is 0.312 e. The smallest absolute Gasteiger partial charge is 0.312 e. The Balaban J connectivity index is 1.24. The van der Waals surface area contributed by atoms with Gasteiger partial charge >= 0.3 is 11.8 Å². The minimum atomic E-state index is -0.375. The predicted molar refractivity (Wildman–Crippen MR) is 106 cm³/mol. The number of nitrogens with two attached hydrogens (primary N) is 1. The Hall–Kier alpha value is -2.36. The number of rotatable bonds is 4. The molecular weight excluding hydrogens is 374 g/mol. The van der Waals surface area contributed by atoms with Gasteiger partial charge in [-0.3, -0.25) is 19.4 Å². The van der Waals surface area contributed by atoms with Crippen LogP contribution in [0.25, 0.3) is 0 Å². The van der Waals surface area contributed by atoms with E-state index in [-0.39, 0.29) is 18.6 Å². The molecule has 2 saturated heterocycles. The zero-order chi connectivity index (χ0) is 20.2. The van der Waals surface area contributed by atoms with E-state index in [1.807, 2.05) is 18.2 Å². The molecule has 158 valence electrons. The van der Waals surface area contributed by atoms with Crippen LogP contribution in [0.3, 0.4) is 0 Å². The number of piperazine rings is 2. The summed E-state index contributed by atoms with van der Waals surface area (Å²) in [7, 11) is 0. The summed E-state index contributed by atoms with van der Waals surface area (Å²) in [6.07, 6.45) is 0. The number of benzene rings is 1. The number of carbonyl (C=O) groups excluding carboxylic acids is 2. The molecule has 0 aromatic heterocycles. The molecule has 0 unspecified atom stereocenters. The summed E-state index contributed by atoms with van der Waals surface area (Å²) >= 11 is 0. The molecule has 2 N–H and O–H groups in total. The van der Waals surface area contributed by atoms with E-state index in [4.69, 9.17) is 15.2 Å². The Morgan fingerprint density at radius 1 is 0.828 bits per heavy atom. The van der Waals surface area contributed by atoms with Gasteiger partial charge in [0.2, 0.25) is 6.79 Å². The second-order valence-electron chi connectivity index (χ2n) is 7.68. The second kappa shape index (κ2) is 8.98. The molecule has 0 atom stereocenters. The third-order valence-electron chi connectivity index (χ3n) is 5.79. The lowest BCUT2D eigenvalue weighted by atomic mass is 10.1. The monoisotopic (exact) mass is 403 g/mol. The molecule has 9 nitrogen and oxygen atoms in total. The summed E-state index contributed by atoms with van der Waals surface area (Å²) in [6, 6.07) is 5.98. The molecule has 2 amide bonds. The average molecular weight is 403 g/mol. The van der Waals surface area contributed by atoms with Crippen molar-refractivity contribution < 1.29 is 19.1 Å². The standard InChI is InChI=1S/C20H29N5O4/c21-3-4-22-5-9-24(10-6-22)19(26)20(27)25-11-7-23(8-12-25)14-16-1-2-17-18(13-16)29-15-28-17/h1-2,13H,3-12,14-15,21H2. The largest absolute Gasteiger partial charge is 0.454 e. The van der Waals surface area contributed by atoms with Crippen molar-refractivity contribution in [2.75, 3.05) is 72.2 Å². The SMILES string of the molecule is NCCN1CCN(C(=O)C(=O)N2CCN(Cc3ccc4c(c3)OCO4)CC2)CC1. The van der Waals surface area contributed by atoms with Crippen LogP contribution in [-0.4, -0.2) is 104 Å². The fourth-order valence-corrected chi connectivity index (χ4v) is 4.03. The fourth-order valence-electron chi connectivity index (χ4n) is 4.03. The number of amides is 2. The van der Waals surface area contributed by atoms with E-state index >= 15 is 0 Å². The van der Waals surface area contributed by atoms with Crippen LogP contribution in [0.4, 0.5) is 0 Å². The second-order valence-corrected chi connectivity index (χ2v) is 7.68. The van der Waals surface area contributed by atoms with Crippen molar-refractivity contribution in [1.29, 1.82) is 0 Å². The van der Waals surface area contributed by atoms with Gasteiger partial charge in [0.1, 0.15) is 0 Å². The predicted octanol–water partition coefficient (Wildman–Crippen LogP) is -0.838. The zero-order valence-electron chi connectivity index (χ0n) is 16.7. The topological polar surface area (TPSA) is 91.6 Å². The molecular formula is C20H29N5O4. The van der Waals surface area contributed by atoms with Gasteiger partial charge in [0.05, 0.1) is 0 Å². The van der Waals surface area contributed by atoms with Gasteiger partial charge < -0.3 is 25.0 Å². The summed E-state index contributed by atoms with van der Waals surface area (Å²) in [5.41, 5.74) is 6.74. The highest BCUT2D eigenvalue weighted by Gasteiger charge is 2.31. The summed E-state index contributed by atoms with van der Waals surface area (Å²) < 4.78 is 10.8. The minimum absolute atomic E-state index is 0.273. The van der Waals surface area contributed by atoms with E-state index in [9.17, 15) is 9.59 Å². The lowest BCUT2D eigenvalue weighted by Gasteiger charge is -2.37. The maximum atomic E-state index is 12.6. The van der Waals surface area contributed by atoms with Crippen molar-refractivity contribution in [2.24, 2.45) is 5.73 Å². The summed E-state index contributed by atoms with van der Waals surface area (Å²) in [6.45, 7) is 7.89. The molecule has 0 aliphatic carbocycles. The molecule has 0 radical (unpaired) electrons. The molecule has 2 fully saturated rings. The van der Waals surface area contributed by atoms with Gasteiger partial charge in [0, 0.05) is 72.0 Å². The third-order valence-corrected chi connectivity index (χ3v) is 5.79. The molecule has 0 bridgehead atoms. The van der Waals surface area contributed by atoms with Gasteiger partial charge in [-0.25, -0.2) is 0 Å². The van der Waals surface area contributed by atoms with Crippen molar-refractivity contribution in [1.82, 2.24) is 19.6 Å². The molecule has 1 aromatic rings. The van der Waals surface area contributed by atoms with E-state index in [0.717, 1.165) is 56.3 Å². The highest BCUT2D eigenvalue weighted by Crippen LogP contribution is 2.32. The van der Waals surface area contributed by atoms with Crippen molar-refractivity contribution in [3.05, 3.63) is 23.8 Å². The van der Waals surface area contributed by atoms with Crippen molar-refractivity contribution in [3.63, 3.8) is 0 Å². The number of carbonyl (C=O) groups is 2. The van der Waals surface area contributed by atoms with Gasteiger partial charge in [-0.1, -0.05) is 6.07 Å². The number of hydrogen-bond acceptors (Lipinski definition) is 7. The van der Waals surface area contributed by atoms with Crippen LogP contribution < -0.4 is 15.2 Å². The number of nitrogens with zero attached hydrogens (tertiary/aromatic N) is 4. The third kappa shape index (κ3) is 4.63. The Morgan fingerprint density at radius 3 is 2.03 bits per heavy atom. The molecule has 1 aromatic carbocycles. The van der Waals surface area contributed by atoms with Crippen LogP contribution in [-0.2, 0) is 16.1 Å². The van der Waals surface area contributed by atoms with Crippen molar-refractivity contribution in [3.8, 4) is 11.5 Å². The number of hydrogen-bond donors (Lipinski definition) is 1. The normalized spacial score (nSPS) is 20.2. The first-order valence-electron chi connectivity index (χ1n) is 10.3. The van der Waals surface area contributed by atoms with Crippen LogP contribution in [0, 0.1) is 0 Å². The van der Waals surface area contributed by atoms with Gasteiger partial charge in [-0.15, -0.1) is 0 Å². The molecule has 3 aliphatic heterocycles. The van der Waals surface area contributed by atoms with Gasteiger partial charge in [-0.2, -0.15) is 0 Å². The Morgan fingerprint density at radius 2 is 1.41 bits per heavy atom. The molecule has 3 heterocycles. The number of fused-ring (bicyclic) bond motifs is 1. The van der Waals surface area contributed by atoms with Gasteiger partial charge in [0.25, 0.3) is 0 Å². The van der Waals surface area contributed by atoms with E-state index in [0.29, 0.717) is 32.7 Å². The van der Waals surface area contributed by atoms with E-state index in [1.54, 1.807) is 9.80 Å². The molecule has 9 heteroatoms. The highest BCUT2D eigenvalue weighted by atomic mass is 16.7. The van der Waals surface area contributed by atoms with E-state index < -0.39 is 0 Å². The summed E-state index contributed by atoms with van der Waals surface area (Å²) in [5, 5.41) is 0. The quantitative estimate of drug-likeness (QED) is 0.656.